The summed E-state index contributed by atoms with van der Waals surface area (Å²) >= 11 is 0. The van der Waals surface area contributed by atoms with Crippen molar-refractivity contribution < 1.29 is 14.2 Å². The summed E-state index contributed by atoms with van der Waals surface area (Å²) in [6.07, 6.45) is 4.32. The van der Waals surface area contributed by atoms with E-state index in [1.165, 1.54) is 24.1 Å². The van der Waals surface area contributed by atoms with Crippen molar-refractivity contribution in [3.8, 4) is 11.5 Å². The third-order valence-electron chi connectivity index (χ3n) is 5.46. The van der Waals surface area contributed by atoms with Gasteiger partial charge in [0.1, 0.15) is 6.10 Å². The molecule has 20 heavy (non-hydrogen) atoms. The standard InChI is InChI=1S/C16H15NO3/c1-2-17-6-9-4-11-12(19-7-18-11)5-10(9)14-15(17)8(1)3-13-16(14)20-13/h3-5,13-16H,1-2,6-7H2. The predicted octanol–water partition coefficient (Wildman–Crippen LogP) is 1.79. The number of benzene rings is 1. The molecule has 0 spiro atoms. The van der Waals surface area contributed by atoms with E-state index >= 15 is 0 Å². The maximum Gasteiger partial charge on any atom is 0.231 e. The summed E-state index contributed by atoms with van der Waals surface area (Å²) in [6, 6.07) is 4.95. The summed E-state index contributed by atoms with van der Waals surface area (Å²) in [6.45, 7) is 2.56. The Morgan fingerprint density at radius 2 is 2.05 bits per heavy atom. The summed E-state index contributed by atoms with van der Waals surface area (Å²) in [5, 5.41) is 0. The van der Waals surface area contributed by atoms with Crippen LogP contribution in [-0.4, -0.2) is 36.5 Å². The van der Waals surface area contributed by atoms with Crippen molar-refractivity contribution >= 4 is 0 Å². The van der Waals surface area contributed by atoms with E-state index < -0.39 is 0 Å². The fourth-order valence-electron chi connectivity index (χ4n) is 4.57. The maximum atomic E-state index is 5.90. The van der Waals surface area contributed by atoms with Crippen LogP contribution in [0.25, 0.3) is 0 Å². The molecule has 2 fully saturated rings. The molecule has 0 bridgehead atoms. The fourth-order valence-corrected chi connectivity index (χ4v) is 4.57. The second kappa shape index (κ2) is 3.21. The van der Waals surface area contributed by atoms with Crippen LogP contribution in [-0.2, 0) is 11.3 Å². The van der Waals surface area contributed by atoms with Gasteiger partial charge in [-0.2, -0.15) is 0 Å². The smallest absolute Gasteiger partial charge is 0.231 e. The minimum atomic E-state index is 0.351. The molecule has 4 aliphatic heterocycles. The highest BCUT2D eigenvalue weighted by atomic mass is 16.7. The first kappa shape index (κ1) is 10.2. The quantitative estimate of drug-likeness (QED) is 0.531. The van der Waals surface area contributed by atoms with E-state index in [4.69, 9.17) is 14.2 Å². The molecule has 4 heterocycles. The normalized spacial score (nSPS) is 38.9. The van der Waals surface area contributed by atoms with Crippen molar-refractivity contribution in [2.75, 3.05) is 13.3 Å². The lowest BCUT2D eigenvalue weighted by molar-refractivity contribution is 0.174. The summed E-state index contributed by atoms with van der Waals surface area (Å²) < 4.78 is 17.0. The second-order valence-corrected chi connectivity index (χ2v) is 6.40. The van der Waals surface area contributed by atoms with Crippen molar-refractivity contribution in [2.24, 2.45) is 0 Å². The summed E-state index contributed by atoms with van der Waals surface area (Å²) in [5.41, 5.74) is 4.42. The molecule has 102 valence electrons. The number of hydrogen-bond donors (Lipinski definition) is 0. The molecular weight excluding hydrogens is 254 g/mol. The summed E-state index contributed by atoms with van der Waals surface area (Å²) in [7, 11) is 0. The minimum Gasteiger partial charge on any atom is -0.454 e. The lowest BCUT2D eigenvalue weighted by atomic mass is 9.76. The van der Waals surface area contributed by atoms with Gasteiger partial charge in [0.25, 0.3) is 0 Å². The number of nitrogens with zero attached hydrogens (tertiary/aromatic N) is 1. The molecule has 4 heteroatoms. The molecule has 4 unspecified atom stereocenters. The van der Waals surface area contributed by atoms with Gasteiger partial charge in [0, 0.05) is 25.0 Å². The summed E-state index contributed by atoms with van der Waals surface area (Å²) in [5.74, 6) is 2.30. The van der Waals surface area contributed by atoms with E-state index in [1.807, 2.05) is 0 Å². The Bertz CT molecular complexity index is 668. The monoisotopic (exact) mass is 269 g/mol. The zero-order valence-electron chi connectivity index (χ0n) is 11.0. The highest BCUT2D eigenvalue weighted by molar-refractivity contribution is 5.54. The number of hydrogen-bond acceptors (Lipinski definition) is 4. The lowest BCUT2D eigenvalue weighted by Crippen LogP contribution is -2.43. The molecule has 1 aliphatic carbocycles. The lowest BCUT2D eigenvalue weighted by Gasteiger charge is -2.39. The molecule has 2 saturated heterocycles. The van der Waals surface area contributed by atoms with Gasteiger partial charge in [-0.3, -0.25) is 4.90 Å². The highest BCUT2D eigenvalue weighted by Gasteiger charge is 2.56. The van der Waals surface area contributed by atoms with Crippen molar-refractivity contribution in [2.45, 2.75) is 37.1 Å². The Kier molecular flexibility index (Phi) is 1.64. The van der Waals surface area contributed by atoms with Gasteiger partial charge < -0.3 is 14.2 Å². The largest absolute Gasteiger partial charge is 0.454 e. The van der Waals surface area contributed by atoms with Crippen LogP contribution in [0.2, 0.25) is 0 Å². The van der Waals surface area contributed by atoms with Crippen LogP contribution in [0.5, 0.6) is 11.5 Å². The first-order chi connectivity index (χ1) is 9.88. The van der Waals surface area contributed by atoms with Crippen LogP contribution in [0.4, 0.5) is 0 Å². The zero-order chi connectivity index (χ0) is 12.8. The molecular formula is C16H15NO3. The molecule has 0 saturated carbocycles. The second-order valence-electron chi connectivity index (χ2n) is 6.40. The van der Waals surface area contributed by atoms with E-state index in [1.54, 1.807) is 5.57 Å². The van der Waals surface area contributed by atoms with Crippen molar-refractivity contribution in [1.82, 2.24) is 4.90 Å². The SMILES string of the molecule is C1=C2CCN3Cc4cc5c(cc4C(C4OC14)C23)OCO5. The third kappa shape index (κ3) is 1.12. The molecule has 0 radical (unpaired) electrons. The van der Waals surface area contributed by atoms with Crippen molar-refractivity contribution in [3.63, 3.8) is 0 Å². The van der Waals surface area contributed by atoms with Gasteiger partial charge in [-0.15, -0.1) is 0 Å². The molecule has 1 aromatic rings. The summed E-state index contributed by atoms with van der Waals surface area (Å²) in [4.78, 5) is 2.61. The van der Waals surface area contributed by atoms with Gasteiger partial charge in [-0.25, -0.2) is 0 Å². The van der Waals surface area contributed by atoms with Gasteiger partial charge in [0.15, 0.2) is 11.5 Å². The molecule has 6 rings (SSSR count). The van der Waals surface area contributed by atoms with Crippen molar-refractivity contribution in [3.05, 3.63) is 34.9 Å². The Morgan fingerprint density at radius 1 is 1.15 bits per heavy atom. The molecule has 1 aromatic carbocycles. The van der Waals surface area contributed by atoms with Gasteiger partial charge in [0.05, 0.1) is 6.10 Å². The molecule has 0 aromatic heterocycles. The van der Waals surface area contributed by atoms with Crippen LogP contribution < -0.4 is 9.47 Å². The van der Waals surface area contributed by atoms with E-state index in [0.717, 1.165) is 18.0 Å². The van der Waals surface area contributed by atoms with Crippen LogP contribution in [0.3, 0.4) is 0 Å². The Hall–Kier alpha value is -1.52. The molecule has 4 nitrogen and oxygen atoms in total. The molecule has 5 aliphatic rings. The number of fused-ring (bicyclic) bond motifs is 5. The number of rotatable bonds is 0. The third-order valence-corrected chi connectivity index (χ3v) is 5.46. The van der Waals surface area contributed by atoms with E-state index in [0.29, 0.717) is 31.0 Å². The van der Waals surface area contributed by atoms with Gasteiger partial charge >= 0.3 is 0 Å². The topological polar surface area (TPSA) is 34.2 Å². The predicted molar refractivity (Wildman–Crippen MR) is 70.9 cm³/mol. The average Bonchev–Trinajstić information content (AvgIpc) is 2.90. The van der Waals surface area contributed by atoms with Gasteiger partial charge in [-0.1, -0.05) is 11.6 Å². The van der Waals surface area contributed by atoms with E-state index in [9.17, 15) is 0 Å². The van der Waals surface area contributed by atoms with Gasteiger partial charge in [-0.05, 0) is 29.7 Å². The first-order valence-corrected chi connectivity index (χ1v) is 7.41. The molecule has 0 amide bonds. The highest BCUT2D eigenvalue weighted by Crippen LogP contribution is 2.54. The van der Waals surface area contributed by atoms with E-state index in [-0.39, 0.29) is 0 Å². The Morgan fingerprint density at radius 3 is 3.00 bits per heavy atom. The Balaban J connectivity index is 1.57. The molecule has 0 N–H and O–H groups in total. The van der Waals surface area contributed by atoms with Crippen LogP contribution in [0.15, 0.2) is 23.8 Å². The molecule has 4 atom stereocenters. The van der Waals surface area contributed by atoms with Gasteiger partial charge in [0.2, 0.25) is 6.79 Å². The van der Waals surface area contributed by atoms with Crippen molar-refractivity contribution in [1.29, 1.82) is 0 Å². The van der Waals surface area contributed by atoms with E-state index in [2.05, 4.69) is 23.1 Å². The minimum absolute atomic E-state index is 0.351. The number of epoxide rings is 1. The fraction of sp³-hybridized carbons (Fsp3) is 0.500. The number of ether oxygens (including phenoxy) is 3. The Labute approximate surface area is 116 Å². The van der Waals surface area contributed by atoms with Crippen LogP contribution in [0, 0.1) is 0 Å². The zero-order valence-corrected chi connectivity index (χ0v) is 11.0. The maximum absolute atomic E-state index is 5.90. The first-order valence-electron chi connectivity index (χ1n) is 7.41. The van der Waals surface area contributed by atoms with Crippen LogP contribution >= 0.6 is 0 Å². The van der Waals surface area contributed by atoms with Crippen LogP contribution in [0.1, 0.15) is 23.5 Å². The average molecular weight is 269 g/mol.